The molecule has 0 unspecified atom stereocenters. The van der Waals surface area contributed by atoms with Crippen molar-refractivity contribution in [2.75, 3.05) is 0 Å². The fraction of sp³-hybridized carbons (Fsp3) is 0.571. The molecular formula is C7H5F7O. The van der Waals surface area contributed by atoms with Crippen LogP contribution in [-0.4, -0.2) is 23.8 Å². The van der Waals surface area contributed by atoms with E-state index in [-0.39, 0.29) is 6.08 Å². The predicted molar refractivity (Wildman–Crippen MR) is 35.8 cm³/mol. The zero-order valence-corrected chi connectivity index (χ0v) is 7.05. The number of ketones is 1. The SMILES string of the molecule is C=CC(=O)CC(F)(F)C(F)(F)C(F)(F)F. The smallest absolute Gasteiger partial charge is 0.295 e. The molecule has 0 aromatic heterocycles. The van der Waals surface area contributed by atoms with Crippen molar-refractivity contribution in [1.82, 2.24) is 0 Å². The summed E-state index contributed by atoms with van der Waals surface area (Å²) in [6, 6.07) is 0. The molecule has 0 heterocycles. The van der Waals surface area contributed by atoms with Crippen molar-refractivity contribution in [1.29, 1.82) is 0 Å². The van der Waals surface area contributed by atoms with Gasteiger partial charge in [-0.05, 0) is 6.08 Å². The summed E-state index contributed by atoms with van der Waals surface area (Å²) in [5.74, 6) is -13.3. The summed E-state index contributed by atoms with van der Waals surface area (Å²) in [6.45, 7) is 2.68. The highest BCUT2D eigenvalue weighted by atomic mass is 19.4. The second-order valence-corrected chi connectivity index (χ2v) is 2.62. The van der Waals surface area contributed by atoms with Gasteiger partial charge < -0.3 is 0 Å². The Labute approximate surface area is 79.6 Å². The van der Waals surface area contributed by atoms with Crippen LogP contribution in [-0.2, 0) is 4.79 Å². The van der Waals surface area contributed by atoms with Gasteiger partial charge >= 0.3 is 18.0 Å². The molecule has 0 aliphatic rings. The third kappa shape index (κ3) is 2.69. The van der Waals surface area contributed by atoms with Crippen molar-refractivity contribution in [3.8, 4) is 0 Å². The van der Waals surface area contributed by atoms with Crippen molar-refractivity contribution in [3.05, 3.63) is 12.7 Å². The minimum atomic E-state index is -6.40. The van der Waals surface area contributed by atoms with Gasteiger partial charge in [-0.25, -0.2) is 0 Å². The monoisotopic (exact) mass is 238 g/mol. The van der Waals surface area contributed by atoms with Crippen LogP contribution in [0.25, 0.3) is 0 Å². The topological polar surface area (TPSA) is 17.1 Å². The maximum absolute atomic E-state index is 12.4. The van der Waals surface area contributed by atoms with E-state index in [4.69, 9.17) is 0 Å². The van der Waals surface area contributed by atoms with Gasteiger partial charge in [0.05, 0.1) is 6.42 Å². The summed E-state index contributed by atoms with van der Waals surface area (Å²) in [6.07, 6.45) is -8.39. The van der Waals surface area contributed by atoms with Crippen molar-refractivity contribution >= 4 is 5.78 Å². The normalized spacial score (nSPS) is 13.8. The second-order valence-electron chi connectivity index (χ2n) is 2.62. The fourth-order valence-electron chi connectivity index (χ4n) is 0.609. The van der Waals surface area contributed by atoms with Gasteiger partial charge in [-0.3, -0.25) is 4.79 Å². The average molecular weight is 238 g/mol. The van der Waals surface area contributed by atoms with E-state index in [9.17, 15) is 35.5 Å². The second kappa shape index (κ2) is 3.82. The zero-order chi connectivity index (χ0) is 12.5. The lowest BCUT2D eigenvalue weighted by Gasteiger charge is -2.27. The number of carbonyl (C=O) groups excluding carboxylic acids is 1. The molecule has 0 rings (SSSR count). The Morgan fingerprint density at radius 1 is 1.07 bits per heavy atom. The molecule has 0 radical (unpaired) electrons. The highest BCUT2D eigenvalue weighted by Crippen LogP contribution is 2.47. The average Bonchev–Trinajstić information content (AvgIpc) is 2.00. The van der Waals surface area contributed by atoms with Crippen LogP contribution >= 0.6 is 0 Å². The van der Waals surface area contributed by atoms with Gasteiger partial charge in [0.2, 0.25) is 0 Å². The largest absolute Gasteiger partial charge is 0.459 e. The lowest BCUT2D eigenvalue weighted by Crippen LogP contribution is -2.52. The van der Waals surface area contributed by atoms with Crippen LogP contribution in [0.2, 0.25) is 0 Å². The van der Waals surface area contributed by atoms with E-state index in [2.05, 4.69) is 6.58 Å². The van der Waals surface area contributed by atoms with Crippen molar-refractivity contribution in [2.24, 2.45) is 0 Å². The molecule has 1 nitrogen and oxygen atoms in total. The molecule has 0 bridgehead atoms. The lowest BCUT2D eigenvalue weighted by atomic mass is 10.1. The van der Waals surface area contributed by atoms with Gasteiger partial charge in [-0.1, -0.05) is 6.58 Å². The highest BCUT2D eigenvalue weighted by molar-refractivity contribution is 5.89. The number of hydrogen-bond donors (Lipinski definition) is 0. The van der Waals surface area contributed by atoms with Crippen LogP contribution in [0.1, 0.15) is 6.42 Å². The summed E-state index contributed by atoms with van der Waals surface area (Å²) < 4.78 is 83.6. The van der Waals surface area contributed by atoms with E-state index in [1.807, 2.05) is 0 Å². The maximum atomic E-state index is 12.4. The molecule has 0 spiro atoms. The number of halogens is 7. The Kier molecular flexibility index (Phi) is 3.55. The van der Waals surface area contributed by atoms with Crippen LogP contribution in [0.3, 0.4) is 0 Å². The van der Waals surface area contributed by atoms with E-state index in [1.54, 1.807) is 0 Å². The lowest BCUT2D eigenvalue weighted by molar-refractivity contribution is -0.353. The molecule has 0 atom stereocenters. The Bertz CT molecular complexity index is 265. The summed E-state index contributed by atoms with van der Waals surface area (Å²) in [7, 11) is 0. The molecule has 15 heavy (non-hydrogen) atoms. The molecule has 0 aromatic rings. The fourth-order valence-corrected chi connectivity index (χ4v) is 0.609. The Hall–Kier alpha value is -1.08. The third-order valence-corrected chi connectivity index (χ3v) is 1.44. The van der Waals surface area contributed by atoms with Crippen molar-refractivity contribution in [2.45, 2.75) is 24.4 Å². The summed E-state index contributed by atoms with van der Waals surface area (Å²) in [4.78, 5) is 10.3. The number of alkyl halides is 7. The molecular weight excluding hydrogens is 233 g/mol. The number of allylic oxidation sites excluding steroid dienone is 1. The van der Waals surface area contributed by atoms with E-state index in [0.29, 0.717) is 0 Å². The molecule has 0 aromatic carbocycles. The number of hydrogen-bond acceptors (Lipinski definition) is 1. The van der Waals surface area contributed by atoms with Gasteiger partial charge in [0.1, 0.15) is 0 Å². The van der Waals surface area contributed by atoms with Crippen LogP contribution in [0.5, 0.6) is 0 Å². The van der Waals surface area contributed by atoms with E-state index in [0.717, 1.165) is 0 Å². The first kappa shape index (κ1) is 13.9. The first-order chi connectivity index (χ1) is 6.45. The van der Waals surface area contributed by atoms with E-state index in [1.165, 1.54) is 0 Å². The first-order valence-electron chi connectivity index (χ1n) is 3.43. The Balaban J connectivity index is 5.01. The van der Waals surface area contributed by atoms with Crippen LogP contribution in [0, 0.1) is 0 Å². The third-order valence-electron chi connectivity index (χ3n) is 1.44. The van der Waals surface area contributed by atoms with Crippen LogP contribution < -0.4 is 0 Å². The van der Waals surface area contributed by atoms with Gasteiger partial charge in [0, 0.05) is 0 Å². The Morgan fingerprint density at radius 3 is 1.73 bits per heavy atom. The molecule has 88 valence electrons. The summed E-state index contributed by atoms with van der Waals surface area (Å²) >= 11 is 0. The predicted octanol–water partition coefficient (Wildman–Crippen LogP) is 2.96. The molecule has 0 saturated heterocycles. The number of rotatable bonds is 4. The molecule has 0 N–H and O–H groups in total. The first-order valence-corrected chi connectivity index (χ1v) is 3.43. The van der Waals surface area contributed by atoms with E-state index >= 15 is 0 Å². The van der Waals surface area contributed by atoms with Gasteiger partial charge in [0.15, 0.2) is 5.78 Å². The molecule has 8 heteroatoms. The van der Waals surface area contributed by atoms with Crippen molar-refractivity contribution < 1.29 is 35.5 Å². The minimum Gasteiger partial charge on any atom is -0.295 e. The van der Waals surface area contributed by atoms with E-state index < -0.39 is 30.2 Å². The van der Waals surface area contributed by atoms with Crippen LogP contribution in [0.15, 0.2) is 12.7 Å². The van der Waals surface area contributed by atoms with Crippen molar-refractivity contribution in [3.63, 3.8) is 0 Å². The molecule has 0 amide bonds. The molecule has 0 fully saturated rings. The van der Waals surface area contributed by atoms with Crippen LogP contribution in [0.4, 0.5) is 30.7 Å². The summed E-state index contributed by atoms with van der Waals surface area (Å²) in [5.41, 5.74) is 0. The number of carbonyl (C=O) groups is 1. The van der Waals surface area contributed by atoms with Gasteiger partial charge in [-0.2, -0.15) is 30.7 Å². The minimum absolute atomic E-state index is 0.250. The highest BCUT2D eigenvalue weighted by Gasteiger charge is 2.72. The van der Waals surface area contributed by atoms with Gasteiger partial charge in [0.25, 0.3) is 0 Å². The Morgan fingerprint density at radius 2 is 1.47 bits per heavy atom. The molecule has 0 saturated carbocycles. The summed E-state index contributed by atoms with van der Waals surface area (Å²) in [5, 5.41) is 0. The quantitative estimate of drug-likeness (QED) is 0.543. The maximum Gasteiger partial charge on any atom is 0.459 e. The molecule has 0 aliphatic heterocycles. The zero-order valence-electron chi connectivity index (χ0n) is 7.05. The van der Waals surface area contributed by atoms with Gasteiger partial charge in [-0.15, -0.1) is 0 Å². The standard InChI is InChI=1S/C7H5F7O/c1-2-4(15)3-5(8,9)6(10,11)7(12,13)14/h2H,1,3H2. The molecule has 0 aliphatic carbocycles.